The Morgan fingerprint density at radius 2 is 1.24 bits per heavy atom. The van der Waals surface area contributed by atoms with Crippen molar-refractivity contribution in [2.75, 3.05) is 0 Å². The minimum atomic E-state index is -1.33. The summed E-state index contributed by atoms with van der Waals surface area (Å²) < 4.78 is 2.89. The van der Waals surface area contributed by atoms with E-state index in [1.54, 1.807) is 10.4 Å². The zero-order valence-electron chi connectivity index (χ0n) is 13.9. The van der Waals surface area contributed by atoms with Crippen LogP contribution in [0.3, 0.4) is 0 Å². The molecule has 0 nitrogen and oxygen atoms in total. The molecule has 110 valence electrons. The zero-order chi connectivity index (χ0) is 15.4. The Morgan fingerprint density at radius 3 is 1.86 bits per heavy atom. The van der Waals surface area contributed by atoms with Crippen LogP contribution in [-0.2, 0) is 0 Å². The van der Waals surface area contributed by atoms with Gasteiger partial charge in [0.1, 0.15) is 0 Å². The molecule has 1 aromatic heterocycles. The van der Waals surface area contributed by atoms with Gasteiger partial charge in [-0.05, 0) is 12.1 Å². The number of thiophene rings is 1. The quantitative estimate of drug-likeness (QED) is 0.571. The van der Waals surface area contributed by atoms with Crippen LogP contribution in [-0.4, -0.2) is 16.1 Å². The third kappa shape index (κ3) is 2.63. The maximum absolute atomic E-state index is 2.54. The minimum Gasteiger partial charge on any atom is -0.135 e. The van der Waals surface area contributed by atoms with Crippen LogP contribution in [0.1, 0.15) is 0 Å². The van der Waals surface area contributed by atoms with Crippen LogP contribution in [0.4, 0.5) is 0 Å². The maximum atomic E-state index is 2.54. The molecule has 0 aliphatic rings. The smallest absolute Gasteiger partial charge is 0.0775 e. The molecule has 2 aromatic carbocycles. The Hall–Kier alpha value is -0.906. The van der Waals surface area contributed by atoms with E-state index in [0.717, 1.165) is 0 Å². The molecule has 0 saturated heterocycles. The molecule has 3 aromatic rings. The van der Waals surface area contributed by atoms with Gasteiger partial charge >= 0.3 is 0 Å². The lowest BCUT2D eigenvalue weighted by atomic mass is 10.1. The SMILES string of the molecule is C[Si](C)(C)c1cc2sc3ccccc3c2cc1[Si](C)(C)C. The largest absolute Gasteiger partial charge is 0.135 e. The fourth-order valence-corrected chi connectivity index (χ4v) is 9.41. The Morgan fingerprint density at radius 1 is 0.667 bits per heavy atom. The summed E-state index contributed by atoms with van der Waals surface area (Å²) in [4.78, 5) is 0. The third-order valence-corrected chi connectivity index (χ3v) is 9.58. The topological polar surface area (TPSA) is 0 Å². The summed E-state index contributed by atoms with van der Waals surface area (Å²) in [6.07, 6.45) is 0. The molecule has 0 amide bonds. The lowest BCUT2D eigenvalue weighted by molar-refractivity contribution is 1.70. The molecule has 0 unspecified atom stereocenters. The lowest BCUT2D eigenvalue weighted by Crippen LogP contribution is -2.56. The van der Waals surface area contributed by atoms with Crippen molar-refractivity contribution in [2.24, 2.45) is 0 Å². The average Bonchev–Trinajstić information content (AvgIpc) is 2.73. The first-order valence-corrected chi connectivity index (χ1v) is 15.5. The number of benzene rings is 2. The van der Waals surface area contributed by atoms with Crippen LogP contribution in [0, 0.1) is 0 Å². The monoisotopic (exact) mass is 328 g/mol. The molecule has 3 heteroatoms. The van der Waals surface area contributed by atoms with Crippen LogP contribution in [0.5, 0.6) is 0 Å². The molecule has 0 spiro atoms. The van der Waals surface area contributed by atoms with E-state index in [-0.39, 0.29) is 0 Å². The predicted molar refractivity (Wildman–Crippen MR) is 105 cm³/mol. The fourth-order valence-electron chi connectivity index (χ4n) is 3.01. The minimum absolute atomic E-state index is 1.31. The van der Waals surface area contributed by atoms with Gasteiger partial charge in [0.2, 0.25) is 0 Å². The molecular weight excluding hydrogens is 304 g/mol. The fraction of sp³-hybridized carbons (Fsp3) is 0.333. The summed E-state index contributed by atoms with van der Waals surface area (Å²) in [5.74, 6) is 0. The van der Waals surface area contributed by atoms with Gasteiger partial charge < -0.3 is 0 Å². The second kappa shape index (κ2) is 4.80. The van der Waals surface area contributed by atoms with Crippen molar-refractivity contribution in [1.29, 1.82) is 0 Å². The number of rotatable bonds is 2. The summed E-state index contributed by atoms with van der Waals surface area (Å²) in [7, 11) is -2.64. The van der Waals surface area contributed by atoms with Crippen molar-refractivity contribution in [1.82, 2.24) is 0 Å². The first-order chi connectivity index (χ1) is 9.68. The molecule has 0 radical (unpaired) electrons. The summed E-state index contributed by atoms with van der Waals surface area (Å²) in [5, 5.41) is 6.26. The van der Waals surface area contributed by atoms with E-state index in [9.17, 15) is 0 Å². The zero-order valence-corrected chi connectivity index (χ0v) is 16.7. The first-order valence-electron chi connectivity index (χ1n) is 7.64. The van der Waals surface area contributed by atoms with E-state index in [1.807, 2.05) is 11.3 Å². The molecule has 0 aliphatic heterocycles. The van der Waals surface area contributed by atoms with Gasteiger partial charge in [-0.3, -0.25) is 0 Å². The molecule has 1 heterocycles. The third-order valence-electron chi connectivity index (χ3n) is 4.13. The van der Waals surface area contributed by atoms with Gasteiger partial charge in [0.25, 0.3) is 0 Å². The van der Waals surface area contributed by atoms with Crippen LogP contribution in [0.15, 0.2) is 36.4 Å². The molecule has 0 saturated carbocycles. The Labute approximate surface area is 133 Å². The molecule has 3 rings (SSSR count). The van der Waals surface area contributed by atoms with Gasteiger partial charge in [-0.15, -0.1) is 11.3 Å². The van der Waals surface area contributed by atoms with Gasteiger partial charge in [-0.25, -0.2) is 0 Å². The summed E-state index contributed by atoms with van der Waals surface area (Å²) >= 11 is 1.95. The van der Waals surface area contributed by atoms with E-state index in [1.165, 1.54) is 20.2 Å². The van der Waals surface area contributed by atoms with Crippen LogP contribution < -0.4 is 10.4 Å². The second-order valence-corrected chi connectivity index (χ2v) is 19.2. The first kappa shape index (κ1) is 15.0. The van der Waals surface area contributed by atoms with Crippen LogP contribution >= 0.6 is 11.3 Å². The standard InChI is InChI=1S/C18H24SSi2/c1-20(2,3)17-11-14-13-9-7-8-10-15(13)19-16(14)12-18(17)21(4,5)6/h7-12H,1-6H3. The van der Waals surface area contributed by atoms with Gasteiger partial charge in [0, 0.05) is 20.2 Å². The van der Waals surface area contributed by atoms with E-state index in [4.69, 9.17) is 0 Å². The Bertz CT molecular complexity index is 817. The van der Waals surface area contributed by atoms with Crippen molar-refractivity contribution in [3.05, 3.63) is 36.4 Å². The number of hydrogen-bond donors (Lipinski definition) is 0. The molecule has 0 fully saturated rings. The van der Waals surface area contributed by atoms with Crippen molar-refractivity contribution in [2.45, 2.75) is 39.3 Å². The molecule has 0 bridgehead atoms. The predicted octanol–water partition coefficient (Wildman–Crippen LogP) is 5.14. The highest BCUT2D eigenvalue weighted by Gasteiger charge is 2.28. The van der Waals surface area contributed by atoms with Gasteiger partial charge in [-0.2, -0.15) is 0 Å². The normalized spacial score (nSPS) is 13.2. The van der Waals surface area contributed by atoms with E-state index in [0.29, 0.717) is 0 Å². The summed E-state index contributed by atoms with van der Waals surface area (Å²) in [5.41, 5.74) is 0. The van der Waals surface area contributed by atoms with Gasteiger partial charge in [-0.1, -0.05) is 73.9 Å². The van der Waals surface area contributed by atoms with E-state index >= 15 is 0 Å². The molecule has 0 N–H and O–H groups in total. The number of fused-ring (bicyclic) bond motifs is 3. The Kier molecular flexibility index (Phi) is 3.43. The summed E-state index contributed by atoms with van der Waals surface area (Å²) in [6, 6.07) is 13.9. The van der Waals surface area contributed by atoms with Crippen molar-refractivity contribution in [3.63, 3.8) is 0 Å². The van der Waals surface area contributed by atoms with Crippen LogP contribution in [0.25, 0.3) is 20.2 Å². The number of hydrogen-bond acceptors (Lipinski definition) is 1. The van der Waals surface area contributed by atoms with E-state index < -0.39 is 16.1 Å². The van der Waals surface area contributed by atoms with Gasteiger partial charge in [0.05, 0.1) is 16.1 Å². The molecular formula is C18H24SSi2. The summed E-state index contributed by atoms with van der Waals surface area (Å²) in [6.45, 7) is 14.9. The molecule has 0 aliphatic carbocycles. The van der Waals surface area contributed by atoms with E-state index in [2.05, 4.69) is 75.7 Å². The average molecular weight is 329 g/mol. The van der Waals surface area contributed by atoms with Crippen LogP contribution in [0.2, 0.25) is 39.3 Å². The van der Waals surface area contributed by atoms with Crippen molar-refractivity contribution < 1.29 is 0 Å². The lowest BCUT2D eigenvalue weighted by Gasteiger charge is -2.28. The van der Waals surface area contributed by atoms with Crippen molar-refractivity contribution in [3.8, 4) is 0 Å². The highest BCUT2D eigenvalue weighted by Crippen LogP contribution is 2.33. The van der Waals surface area contributed by atoms with Gasteiger partial charge in [0.15, 0.2) is 0 Å². The maximum Gasteiger partial charge on any atom is 0.0775 e. The molecule has 21 heavy (non-hydrogen) atoms. The second-order valence-electron chi connectivity index (χ2n) is 7.99. The Balaban J connectivity index is 2.44. The highest BCUT2D eigenvalue weighted by atomic mass is 32.1. The highest BCUT2D eigenvalue weighted by molar-refractivity contribution is 7.26. The molecule has 0 atom stereocenters. The van der Waals surface area contributed by atoms with Crippen molar-refractivity contribution >= 4 is 58.0 Å².